The molecule has 1 aromatic heterocycles. The van der Waals surface area contributed by atoms with Crippen molar-refractivity contribution in [2.24, 2.45) is 0 Å². The Morgan fingerprint density at radius 2 is 2.31 bits per heavy atom. The van der Waals surface area contributed by atoms with Crippen LogP contribution in [0.3, 0.4) is 0 Å². The molecule has 13 heavy (non-hydrogen) atoms. The Morgan fingerprint density at radius 3 is 2.77 bits per heavy atom. The lowest BCUT2D eigenvalue weighted by molar-refractivity contribution is 0.0988. The summed E-state index contributed by atoms with van der Waals surface area (Å²) in [6, 6.07) is 3.27. The molecule has 1 heterocycles. The SMILES string of the molecule is C=C(C)CC(=O)c1ccc(Cl)cn1. The maximum Gasteiger partial charge on any atom is 0.185 e. The average molecular weight is 196 g/mol. The highest BCUT2D eigenvalue weighted by molar-refractivity contribution is 6.30. The van der Waals surface area contributed by atoms with Crippen LogP contribution in [0.2, 0.25) is 5.02 Å². The Bertz CT molecular complexity index is 329. The van der Waals surface area contributed by atoms with Crippen LogP contribution in [-0.2, 0) is 0 Å². The van der Waals surface area contributed by atoms with Gasteiger partial charge in [-0.25, -0.2) is 0 Å². The van der Waals surface area contributed by atoms with Crippen molar-refractivity contribution in [2.45, 2.75) is 13.3 Å². The van der Waals surface area contributed by atoms with Crippen LogP contribution in [0, 0.1) is 0 Å². The molecule has 0 amide bonds. The molecule has 0 unspecified atom stereocenters. The molecule has 0 fully saturated rings. The van der Waals surface area contributed by atoms with Crippen LogP contribution in [0.4, 0.5) is 0 Å². The van der Waals surface area contributed by atoms with Crippen molar-refractivity contribution in [3.63, 3.8) is 0 Å². The monoisotopic (exact) mass is 195 g/mol. The van der Waals surface area contributed by atoms with E-state index in [1.54, 1.807) is 12.1 Å². The Balaban J connectivity index is 2.78. The van der Waals surface area contributed by atoms with E-state index < -0.39 is 0 Å². The fourth-order valence-corrected chi connectivity index (χ4v) is 1.02. The molecule has 3 heteroatoms. The van der Waals surface area contributed by atoms with Gasteiger partial charge < -0.3 is 0 Å². The number of hydrogen-bond acceptors (Lipinski definition) is 2. The van der Waals surface area contributed by atoms with Crippen molar-refractivity contribution in [1.82, 2.24) is 4.98 Å². The normalized spacial score (nSPS) is 9.69. The van der Waals surface area contributed by atoms with E-state index >= 15 is 0 Å². The average Bonchev–Trinajstić information content (AvgIpc) is 2.04. The Kier molecular flexibility index (Phi) is 3.20. The highest BCUT2D eigenvalue weighted by atomic mass is 35.5. The summed E-state index contributed by atoms with van der Waals surface area (Å²) in [5.41, 5.74) is 1.27. The lowest BCUT2D eigenvalue weighted by Crippen LogP contribution is -2.01. The number of hydrogen-bond donors (Lipinski definition) is 0. The summed E-state index contributed by atoms with van der Waals surface area (Å²) < 4.78 is 0. The number of rotatable bonds is 3. The highest BCUT2D eigenvalue weighted by Gasteiger charge is 2.06. The van der Waals surface area contributed by atoms with E-state index in [2.05, 4.69) is 11.6 Å². The van der Waals surface area contributed by atoms with Crippen molar-refractivity contribution in [3.05, 3.63) is 41.2 Å². The second-order valence-corrected chi connectivity index (χ2v) is 3.36. The summed E-state index contributed by atoms with van der Waals surface area (Å²) in [7, 11) is 0. The molecule has 0 aromatic carbocycles. The zero-order chi connectivity index (χ0) is 9.84. The molecule has 0 N–H and O–H groups in total. The molecular weight excluding hydrogens is 186 g/mol. The van der Waals surface area contributed by atoms with Crippen LogP contribution in [0.25, 0.3) is 0 Å². The first kappa shape index (κ1) is 9.93. The molecule has 0 saturated heterocycles. The molecule has 0 atom stereocenters. The van der Waals surface area contributed by atoms with Crippen LogP contribution in [0.5, 0.6) is 0 Å². The molecular formula is C10H10ClNO. The molecule has 0 bridgehead atoms. The first-order valence-corrected chi connectivity index (χ1v) is 4.26. The van der Waals surface area contributed by atoms with E-state index in [-0.39, 0.29) is 5.78 Å². The lowest BCUT2D eigenvalue weighted by Gasteiger charge is -1.98. The summed E-state index contributed by atoms with van der Waals surface area (Å²) in [6.07, 6.45) is 1.81. The van der Waals surface area contributed by atoms with Gasteiger partial charge in [0.25, 0.3) is 0 Å². The minimum Gasteiger partial charge on any atom is -0.292 e. The van der Waals surface area contributed by atoms with Crippen molar-refractivity contribution in [3.8, 4) is 0 Å². The molecule has 1 rings (SSSR count). The van der Waals surface area contributed by atoms with E-state index in [1.807, 2.05) is 6.92 Å². The molecule has 0 aliphatic rings. The van der Waals surface area contributed by atoms with Gasteiger partial charge >= 0.3 is 0 Å². The van der Waals surface area contributed by atoms with Gasteiger partial charge in [0.2, 0.25) is 0 Å². The third-order valence-electron chi connectivity index (χ3n) is 1.48. The number of pyridine rings is 1. The smallest absolute Gasteiger partial charge is 0.185 e. The van der Waals surface area contributed by atoms with Gasteiger partial charge in [0, 0.05) is 12.6 Å². The number of halogens is 1. The molecule has 0 aliphatic heterocycles. The van der Waals surface area contributed by atoms with Gasteiger partial charge in [-0.2, -0.15) is 0 Å². The maximum atomic E-state index is 11.4. The summed E-state index contributed by atoms with van der Waals surface area (Å²) in [6.45, 7) is 5.48. The highest BCUT2D eigenvalue weighted by Crippen LogP contribution is 2.09. The van der Waals surface area contributed by atoms with Crippen LogP contribution < -0.4 is 0 Å². The zero-order valence-electron chi connectivity index (χ0n) is 7.38. The molecule has 0 spiro atoms. The fourth-order valence-electron chi connectivity index (χ4n) is 0.905. The standard InChI is InChI=1S/C10H10ClNO/c1-7(2)5-10(13)9-4-3-8(11)6-12-9/h3-4,6H,1,5H2,2H3. The summed E-state index contributed by atoms with van der Waals surface area (Å²) in [5.74, 6) is -0.0239. The van der Waals surface area contributed by atoms with Crippen LogP contribution >= 0.6 is 11.6 Å². The fraction of sp³-hybridized carbons (Fsp3) is 0.200. The van der Waals surface area contributed by atoms with Crippen molar-refractivity contribution in [1.29, 1.82) is 0 Å². The minimum atomic E-state index is -0.0239. The summed E-state index contributed by atoms with van der Waals surface area (Å²) in [4.78, 5) is 15.3. The second-order valence-electron chi connectivity index (χ2n) is 2.92. The van der Waals surface area contributed by atoms with Gasteiger partial charge in [-0.3, -0.25) is 9.78 Å². The van der Waals surface area contributed by atoms with E-state index in [4.69, 9.17) is 11.6 Å². The van der Waals surface area contributed by atoms with Gasteiger partial charge in [0.1, 0.15) is 5.69 Å². The zero-order valence-corrected chi connectivity index (χ0v) is 8.14. The van der Waals surface area contributed by atoms with E-state index in [9.17, 15) is 4.79 Å². The second kappa shape index (κ2) is 4.19. The van der Waals surface area contributed by atoms with E-state index in [1.165, 1.54) is 6.20 Å². The summed E-state index contributed by atoms with van der Waals surface area (Å²) in [5, 5.41) is 0.534. The topological polar surface area (TPSA) is 30.0 Å². The minimum absolute atomic E-state index is 0.0239. The number of allylic oxidation sites excluding steroid dienone is 1. The predicted molar refractivity (Wildman–Crippen MR) is 53.0 cm³/mol. The van der Waals surface area contributed by atoms with Gasteiger partial charge in [-0.1, -0.05) is 23.8 Å². The summed E-state index contributed by atoms with van der Waals surface area (Å²) >= 11 is 5.63. The van der Waals surface area contributed by atoms with Crippen molar-refractivity contribution in [2.75, 3.05) is 0 Å². The number of aromatic nitrogens is 1. The lowest BCUT2D eigenvalue weighted by atomic mass is 10.1. The number of carbonyl (C=O) groups is 1. The number of ketones is 1. The third-order valence-corrected chi connectivity index (χ3v) is 1.70. The Hall–Kier alpha value is -1.15. The first-order valence-electron chi connectivity index (χ1n) is 3.88. The molecule has 0 saturated carbocycles. The van der Waals surface area contributed by atoms with Gasteiger partial charge in [0.05, 0.1) is 5.02 Å². The molecule has 0 aliphatic carbocycles. The molecule has 1 aromatic rings. The number of nitrogens with zero attached hydrogens (tertiary/aromatic N) is 1. The van der Waals surface area contributed by atoms with Crippen LogP contribution in [0.15, 0.2) is 30.5 Å². The maximum absolute atomic E-state index is 11.4. The van der Waals surface area contributed by atoms with Gasteiger partial charge in [-0.15, -0.1) is 0 Å². The Morgan fingerprint density at radius 1 is 1.62 bits per heavy atom. The largest absolute Gasteiger partial charge is 0.292 e. The van der Waals surface area contributed by atoms with Crippen LogP contribution in [0.1, 0.15) is 23.8 Å². The van der Waals surface area contributed by atoms with Gasteiger partial charge in [-0.05, 0) is 19.1 Å². The number of carbonyl (C=O) groups excluding carboxylic acids is 1. The number of Topliss-reactive ketones (excluding diaryl/α,β-unsaturated/α-hetero) is 1. The predicted octanol–water partition coefficient (Wildman–Crippen LogP) is 2.88. The first-order chi connectivity index (χ1) is 6.09. The van der Waals surface area contributed by atoms with Crippen molar-refractivity contribution < 1.29 is 4.79 Å². The Labute approximate surface area is 82.3 Å². The van der Waals surface area contributed by atoms with E-state index in [0.29, 0.717) is 17.1 Å². The van der Waals surface area contributed by atoms with E-state index in [0.717, 1.165) is 5.57 Å². The molecule has 0 radical (unpaired) electrons. The quantitative estimate of drug-likeness (QED) is 0.549. The third kappa shape index (κ3) is 2.99. The van der Waals surface area contributed by atoms with Gasteiger partial charge in [0.15, 0.2) is 5.78 Å². The molecule has 2 nitrogen and oxygen atoms in total. The van der Waals surface area contributed by atoms with Crippen LogP contribution in [-0.4, -0.2) is 10.8 Å². The van der Waals surface area contributed by atoms with Crippen molar-refractivity contribution >= 4 is 17.4 Å². The molecule has 68 valence electrons.